The van der Waals surface area contributed by atoms with Crippen LogP contribution in [-0.4, -0.2) is 6.18 Å². The molecule has 0 radical (unpaired) electrons. The van der Waals surface area contributed by atoms with Crippen LogP contribution in [0.15, 0.2) is 54.6 Å². The molecule has 0 N–H and O–H groups in total. The number of allylic oxidation sites excluding steroid dienone is 1. The molecule has 10 heteroatoms. The van der Waals surface area contributed by atoms with Crippen LogP contribution in [0.1, 0.15) is 30.0 Å². The highest BCUT2D eigenvalue weighted by Gasteiger charge is 2.35. The van der Waals surface area contributed by atoms with Crippen molar-refractivity contribution >= 4 is 6.08 Å². The van der Waals surface area contributed by atoms with Gasteiger partial charge in [0.2, 0.25) is 0 Å². The van der Waals surface area contributed by atoms with Gasteiger partial charge in [0, 0.05) is 29.3 Å². The Bertz CT molecular complexity index is 1210. The van der Waals surface area contributed by atoms with E-state index >= 15 is 0 Å². The minimum absolute atomic E-state index is 0.0990. The normalized spacial score (nSPS) is 12.4. The molecular formula is C25H17F9O. The summed E-state index contributed by atoms with van der Waals surface area (Å²) < 4.78 is 127. The predicted molar refractivity (Wildman–Crippen MR) is 112 cm³/mol. The average Bonchev–Trinajstić information content (AvgIpc) is 2.76. The van der Waals surface area contributed by atoms with E-state index in [-0.39, 0.29) is 22.8 Å². The first-order valence-electron chi connectivity index (χ1n) is 10.2. The number of halogens is 9. The molecule has 0 aliphatic heterocycles. The predicted octanol–water partition coefficient (Wildman–Crippen LogP) is 8.57. The van der Waals surface area contributed by atoms with Gasteiger partial charge in [0.05, 0.1) is 5.56 Å². The Morgan fingerprint density at radius 1 is 0.800 bits per heavy atom. The number of benzene rings is 3. The van der Waals surface area contributed by atoms with Crippen LogP contribution in [0.3, 0.4) is 0 Å². The van der Waals surface area contributed by atoms with Crippen molar-refractivity contribution in [1.82, 2.24) is 0 Å². The number of ether oxygens (including phenoxy) is 1. The second-order valence-electron chi connectivity index (χ2n) is 7.52. The van der Waals surface area contributed by atoms with Gasteiger partial charge in [-0.15, -0.1) is 0 Å². The molecule has 0 saturated carbocycles. The molecule has 0 fully saturated rings. The van der Waals surface area contributed by atoms with Crippen LogP contribution < -0.4 is 4.74 Å². The Hall–Kier alpha value is -3.43. The van der Waals surface area contributed by atoms with E-state index < -0.39 is 58.5 Å². The van der Waals surface area contributed by atoms with Crippen LogP contribution >= 0.6 is 0 Å². The second kappa shape index (κ2) is 10.1. The summed E-state index contributed by atoms with van der Waals surface area (Å²) in [5, 5.41) is 0. The summed E-state index contributed by atoms with van der Waals surface area (Å²) in [6.45, 7) is 1.80. The number of aryl methyl sites for hydroxylation is 1. The topological polar surface area (TPSA) is 9.23 Å². The first-order chi connectivity index (χ1) is 16.3. The van der Waals surface area contributed by atoms with Gasteiger partial charge in [0.15, 0.2) is 11.6 Å². The van der Waals surface area contributed by atoms with E-state index in [1.165, 1.54) is 12.1 Å². The zero-order valence-electron chi connectivity index (χ0n) is 18.0. The first-order valence-corrected chi connectivity index (χ1v) is 10.2. The summed E-state index contributed by atoms with van der Waals surface area (Å²) in [5.41, 5.74) is -1.72. The van der Waals surface area contributed by atoms with Crippen molar-refractivity contribution in [2.45, 2.75) is 32.1 Å². The standard InChI is InChI=1S/C25H17F9O/c1-2-3-15-6-9-18(23(29)22(15)28)14-4-7-16(8-5-14)25(33,34)35-17-12-20(26)19(21(27)13-17)10-11-24(30,31)32/h4-13H,2-3H2,1H3/b11-10+. The highest BCUT2D eigenvalue weighted by Crippen LogP contribution is 2.35. The van der Waals surface area contributed by atoms with Crippen molar-refractivity contribution in [1.29, 1.82) is 0 Å². The van der Waals surface area contributed by atoms with Crippen molar-refractivity contribution in [3.8, 4) is 16.9 Å². The molecule has 0 saturated heterocycles. The van der Waals surface area contributed by atoms with Crippen molar-refractivity contribution in [2.75, 3.05) is 0 Å². The molecule has 0 bridgehead atoms. The summed E-state index contributed by atoms with van der Waals surface area (Å²) in [4.78, 5) is 0. The van der Waals surface area contributed by atoms with Gasteiger partial charge in [0.1, 0.15) is 17.4 Å². The number of hydrogen-bond donors (Lipinski definition) is 0. The van der Waals surface area contributed by atoms with Crippen LogP contribution in [0.2, 0.25) is 0 Å². The van der Waals surface area contributed by atoms with Gasteiger partial charge in [-0.3, -0.25) is 0 Å². The molecule has 0 spiro atoms. The summed E-state index contributed by atoms with van der Waals surface area (Å²) in [6.07, 6.45) is -8.30. The fourth-order valence-electron chi connectivity index (χ4n) is 3.28. The largest absolute Gasteiger partial charge is 0.429 e. The van der Waals surface area contributed by atoms with Crippen LogP contribution in [0.4, 0.5) is 39.5 Å². The highest BCUT2D eigenvalue weighted by atomic mass is 19.4. The van der Waals surface area contributed by atoms with Crippen molar-refractivity contribution in [2.24, 2.45) is 0 Å². The molecule has 0 aliphatic rings. The monoisotopic (exact) mass is 504 g/mol. The third-order valence-corrected chi connectivity index (χ3v) is 4.95. The zero-order valence-corrected chi connectivity index (χ0v) is 18.0. The maximum atomic E-state index is 14.6. The lowest BCUT2D eigenvalue weighted by atomic mass is 9.99. The highest BCUT2D eigenvalue weighted by molar-refractivity contribution is 5.65. The maximum absolute atomic E-state index is 14.6. The van der Waals surface area contributed by atoms with Crippen LogP contribution in [0.25, 0.3) is 17.2 Å². The van der Waals surface area contributed by atoms with E-state index in [1.54, 1.807) is 6.92 Å². The van der Waals surface area contributed by atoms with Gasteiger partial charge >= 0.3 is 12.3 Å². The Morgan fingerprint density at radius 2 is 1.40 bits per heavy atom. The molecule has 0 atom stereocenters. The molecule has 0 amide bonds. The minimum Gasteiger partial charge on any atom is -0.429 e. The third-order valence-electron chi connectivity index (χ3n) is 4.95. The minimum atomic E-state index is -4.83. The van der Waals surface area contributed by atoms with Gasteiger partial charge < -0.3 is 4.74 Å². The van der Waals surface area contributed by atoms with Crippen molar-refractivity contribution in [3.05, 3.63) is 94.6 Å². The van der Waals surface area contributed by atoms with Crippen molar-refractivity contribution in [3.63, 3.8) is 0 Å². The molecule has 0 aromatic heterocycles. The number of alkyl halides is 5. The van der Waals surface area contributed by atoms with E-state index in [4.69, 9.17) is 0 Å². The second-order valence-corrected chi connectivity index (χ2v) is 7.52. The van der Waals surface area contributed by atoms with Crippen LogP contribution in [0.5, 0.6) is 5.75 Å². The number of hydrogen-bond acceptors (Lipinski definition) is 1. The molecule has 1 nitrogen and oxygen atoms in total. The molecular weight excluding hydrogens is 487 g/mol. The van der Waals surface area contributed by atoms with E-state index in [1.807, 2.05) is 0 Å². The molecule has 3 rings (SSSR count). The van der Waals surface area contributed by atoms with Crippen LogP contribution in [-0.2, 0) is 12.5 Å². The smallest absolute Gasteiger partial charge is 0.426 e. The zero-order chi connectivity index (χ0) is 26.0. The fraction of sp³-hybridized carbons (Fsp3) is 0.200. The molecule has 0 unspecified atom stereocenters. The summed E-state index contributed by atoms with van der Waals surface area (Å²) in [6, 6.07) is 7.27. The van der Waals surface area contributed by atoms with Gasteiger partial charge in [-0.1, -0.05) is 37.6 Å². The lowest BCUT2D eigenvalue weighted by Gasteiger charge is -2.19. The van der Waals surface area contributed by atoms with Gasteiger partial charge in [-0.25, -0.2) is 17.6 Å². The molecule has 35 heavy (non-hydrogen) atoms. The van der Waals surface area contributed by atoms with E-state index in [0.29, 0.717) is 25.0 Å². The summed E-state index contributed by atoms with van der Waals surface area (Å²) in [5.74, 6) is -6.22. The Morgan fingerprint density at radius 3 is 1.94 bits per heavy atom. The molecule has 3 aromatic rings. The quantitative estimate of drug-likeness (QED) is 0.293. The third kappa shape index (κ3) is 6.17. The Labute approximate surface area is 194 Å². The van der Waals surface area contributed by atoms with Gasteiger partial charge in [-0.05, 0) is 35.8 Å². The molecule has 186 valence electrons. The lowest BCUT2D eigenvalue weighted by molar-refractivity contribution is -0.185. The molecule has 0 aliphatic carbocycles. The van der Waals surface area contributed by atoms with Crippen molar-refractivity contribution < 1.29 is 44.3 Å². The molecule has 0 heterocycles. The summed E-state index contributed by atoms with van der Waals surface area (Å²) >= 11 is 0. The molecule has 3 aromatic carbocycles. The van der Waals surface area contributed by atoms with E-state index in [9.17, 15) is 39.5 Å². The number of rotatable bonds is 7. The summed E-state index contributed by atoms with van der Waals surface area (Å²) in [7, 11) is 0. The lowest BCUT2D eigenvalue weighted by Crippen LogP contribution is -2.22. The SMILES string of the molecule is CCCc1ccc(-c2ccc(C(F)(F)Oc3cc(F)c(/C=C/C(F)(F)F)c(F)c3)cc2)c(F)c1F. The van der Waals surface area contributed by atoms with Gasteiger partial charge in [0.25, 0.3) is 0 Å². The van der Waals surface area contributed by atoms with Crippen LogP contribution in [0, 0.1) is 23.3 Å². The van der Waals surface area contributed by atoms with Gasteiger partial charge in [-0.2, -0.15) is 22.0 Å². The Kier molecular flexibility index (Phi) is 7.52. The average molecular weight is 504 g/mol. The Balaban J connectivity index is 1.84. The maximum Gasteiger partial charge on any atom is 0.426 e. The van der Waals surface area contributed by atoms with E-state index in [2.05, 4.69) is 4.74 Å². The van der Waals surface area contributed by atoms with E-state index in [0.717, 1.165) is 24.3 Å². The fourth-order valence-corrected chi connectivity index (χ4v) is 3.28. The first kappa shape index (κ1) is 26.2.